The van der Waals surface area contributed by atoms with E-state index in [4.69, 9.17) is 0 Å². The lowest BCUT2D eigenvalue weighted by Gasteiger charge is -2.10. The highest BCUT2D eigenvalue weighted by molar-refractivity contribution is 5.91. The van der Waals surface area contributed by atoms with E-state index in [1.54, 1.807) is 24.5 Å². The monoisotopic (exact) mass is 359 g/mol. The van der Waals surface area contributed by atoms with Crippen LogP contribution < -0.4 is 10.6 Å². The number of fused-ring (bicyclic) bond motifs is 1. The Hall–Kier alpha value is -3.54. The van der Waals surface area contributed by atoms with Gasteiger partial charge in [-0.3, -0.25) is 4.98 Å². The van der Waals surface area contributed by atoms with Crippen LogP contribution in [0.25, 0.3) is 10.9 Å². The highest BCUT2D eigenvalue weighted by atomic mass is 19.1. The Labute approximate surface area is 156 Å². The number of anilines is 3. The lowest BCUT2D eigenvalue weighted by atomic mass is 10.1. The normalized spacial score (nSPS) is 10.7. The molecule has 27 heavy (non-hydrogen) atoms. The summed E-state index contributed by atoms with van der Waals surface area (Å²) in [5.74, 6) is 1.000. The van der Waals surface area contributed by atoms with Crippen LogP contribution in [0, 0.1) is 5.82 Å². The summed E-state index contributed by atoms with van der Waals surface area (Å²) in [7, 11) is 0. The maximum atomic E-state index is 12.9. The van der Waals surface area contributed by atoms with Crippen LogP contribution in [0.3, 0.4) is 0 Å². The van der Waals surface area contributed by atoms with Gasteiger partial charge in [-0.05, 0) is 42.3 Å². The van der Waals surface area contributed by atoms with Gasteiger partial charge in [0.25, 0.3) is 0 Å². The number of nitrogens with zero attached hydrogens (tertiary/aromatic N) is 3. The molecule has 134 valence electrons. The number of hydrogen-bond donors (Lipinski definition) is 2. The molecule has 0 atom stereocenters. The van der Waals surface area contributed by atoms with Crippen molar-refractivity contribution in [2.24, 2.45) is 0 Å². The molecule has 0 amide bonds. The molecule has 0 aliphatic rings. The smallest absolute Gasteiger partial charge is 0.224 e. The Morgan fingerprint density at radius 1 is 0.852 bits per heavy atom. The quantitative estimate of drug-likeness (QED) is 0.528. The van der Waals surface area contributed by atoms with Crippen LogP contribution in [-0.4, -0.2) is 21.5 Å². The minimum Gasteiger partial charge on any atom is -0.354 e. The summed E-state index contributed by atoms with van der Waals surface area (Å²) in [5, 5.41) is 7.57. The van der Waals surface area contributed by atoms with Gasteiger partial charge in [-0.1, -0.05) is 30.3 Å². The van der Waals surface area contributed by atoms with Gasteiger partial charge in [0.2, 0.25) is 5.95 Å². The maximum absolute atomic E-state index is 12.9. The molecule has 2 heterocycles. The fourth-order valence-electron chi connectivity index (χ4n) is 2.83. The molecule has 0 spiro atoms. The van der Waals surface area contributed by atoms with Gasteiger partial charge in [0.15, 0.2) is 0 Å². The largest absolute Gasteiger partial charge is 0.354 e. The summed E-state index contributed by atoms with van der Waals surface area (Å²) in [5.41, 5.74) is 2.84. The van der Waals surface area contributed by atoms with E-state index in [0.29, 0.717) is 18.3 Å². The van der Waals surface area contributed by atoms with Gasteiger partial charge in [0, 0.05) is 24.3 Å². The summed E-state index contributed by atoms with van der Waals surface area (Å²) < 4.78 is 12.9. The summed E-state index contributed by atoms with van der Waals surface area (Å²) in [6, 6.07) is 18.2. The molecule has 0 saturated carbocycles. The van der Waals surface area contributed by atoms with E-state index in [1.807, 2.05) is 36.4 Å². The summed E-state index contributed by atoms with van der Waals surface area (Å²) in [4.78, 5) is 13.2. The number of para-hydroxylation sites is 1. The molecule has 2 aromatic heterocycles. The third-order valence-electron chi connectivity index (χ3n) is 4.16. The molecule has 0 radical (unpaired) electrons. The molecule has 4 rings (SSSR count). The fraction of sp³-hybridized carbons (Fsp3) is 0.0952. The minimum absolute atomic E-state index is 0.225. The van der Waals surface area contributed by atoms with Gasteiger partial charge in [-0.25, -0.2) is 9.37 Å². The molecule has 0 bridgehead atoms. The molecule has 2 aromatic carbocycles. The topological polar surface area (TPSA) is 62.7 Å². The van der Waals surface area contributed by atoms with Gasteiger partial charge < -0.3 is 10.6 Å². The fourth-order valence-corrected chi connectivity index (χ4v) is 2.83. The molecule has 6 heteroatoms. The van der Waals surface area contributed by atoms with E-state index in [0.717, 1.165) is 28.6 Å². The third-order valence-corrected chi connectivity index (χ3v) is 4.16. The Kier molecular flexibility index (Phi) is 4.87. The Morgan fingerprint density at radius 2 is 1.70 bits per heavy atom. The van der Waals surface area contributed by atoms with Crippen molar-refractivity contribution in [1.82, 2.24) is 15.0 Å². The number of aromatic nitrogens is 3. The number of nitrogens with one attached hydrogen (secondary N) is 2. The highest BCUT2D eigenvalue weighted by Crippen LogP contribution is 2.23. The Balaban J connectivity index is 1.43. The summed E-state index contributed by atoms with van der Waals surface area (Å²) in [6.07, 6.45) is 4.23. The van der Waals surface area contributed by atoms with Gasteiger partial charge in [0.05, 0.1) is 11.2 Å². The number of pyridine rings is 1. The third kappa shape index (κ3) is 4.17. The number of halogens is 1. The van der Waals surface area contributed by atoms with Crippen molar-refractivity contribution in [3.8, 4) is 0 Å². The molecule has 0 unspecified atom stereocenters. The van der Waals surface area contributed by atoms with Gasteiger partial charge in [0.1, 0.15) is 11.6 Å². The van der Waals surface area contributed by atoms with Crippen molar-refractivity contribution < 1.29 is 4.39 Å². The molecular weight excluding hydrogens is 341 g/mol. The van der Waals surface area contributed by atoms with Crippen molar-refractivity contribution >= 4 is 28.4 Å². The molecule has 4 aromatic rings. The van der Waals surface area contributed by atoms with Crippen LogP contribution in [0.1, 0.15) is 5.56 Å². The first kappa shape index (κ1) is 16.9. The molecule has 0 saturated heterocycles. The van der Waals surface area contributed by atoms with Crippen molar-refractivity contribution in [2.45, 2.75) is 6.42 Å². The second-order valence-electron chi connectivity index (χ2n) is 6.07. The van der Waals surface area contributed by atoms with Crippen molar-refractivity contribution in [1.29, 1.82) is 0 Å². The van der Waals surface area contributed by atoms with Crippen LogP contribution in [0.4, 0.5) is 21.8 Å². The first-order chi connectivity index (χ1) is 13.3. The average molecular weight is 359 g/mol. The standard InChI is InChI=1S/C21H18FN5/c22-17-8-6-15(7-9-17)10-13-24-21-25-14-11-19(27-21)26-18-5-1-3-16-4-2-12-23-20(16)18/h1-9,11-12,14H,10,13H2,(H2,24,25,26,27). The minimum atomic E-state index is -0.225. The lowest BCUT2D eigenvalue weighted by molar-refractivity contribution is 0.627. The average Bonchev–Trinajstić information content (AvgIpc) is 2.70. The van der Waals surface area contributed by atoms with Crippen LogP contribution in [0.2, 0.25) is 0 Å². The van der Waals surface area contributed by atoms with E-state index >= 15 is 0 Å². The maximum Gasteiger partial charge on any atom is 0.224 e. The second-order valence-corrected chi connectivity index (χ2v) is 6.07. The number of rotatable bonds is 6. The van der Waals surface area contributed by atoms with Crippen molar-refractivity contribution in [3.05, 3.63) is 84.4 Å². The Bertz CT molecular complexity index is 1040. The molecule has 0 aliphatic heterocycles. The molecule has 0 aliphatic carbocycles. The summed E-state index contributed by atoms with van der Waals surface area (Å²) >= 11 is 0. The SMILES string of the molecule is Fc1ccc(CCNc2nccc(Nc3cccc4cccnc34)n2)cc1. The van der Waals surface area contributed by atoms with Crippen LogP contribution >= 0.6 is 0 Å². The number of hydrogen-bond acceptors (Lipinski definition) is 5. The second kappa shape index (κ2) is 7.78. The highest BCUT2D eigenvalue weighted by Gasteiger charge is 2.04. The molecule has 2 N–H and O–H groups in total. The molecule has 0 fully saturated rings. The van der Waals surface area contributed by atoms with Crippen molar-refractivity contribution in [3.63, 3.8) is 0 Å². The van der Waals surface area contributed by atoms with Gasteiger partial charge in [-0.15, -0.1) is 0 Å². The van der Waals surface area contributed by atoms with Gasteiger partial charge >= 0.3 is 0 Å². The Morgan fingerprint density at radius 3 is 2.59 bits per heavy atom. The van der Waals surface area contributed by atoms with Crippen LogP contribution in [0.5, 0.6) is 0 Å². The molecular formula is C21H18FN5. The zero-order valence-electron chi connectivity index (χ0n) is 14.6. The predicted molar refractivity (Wildman–Crippen MR) is 106 cm³/mol. The van der Waals surface area contributed by atoms with E-state index in [-0.39, 0.29) is 5.82 Å². The lowest BCUT2D eigenvalue weighted by Crippen LogP contribution is -2.08. The molecule has 5 nitrogen and oxygen atoms in total. The van der Waals surface area contributed by atoms with E-state index in [1.165, 1.54) is 12.1 Å². The zero-order chi connectivity index (χ0) is 18.5. The van der Waals surface area contributed by atoms with Crippen LogP contribution in [-0.2, 0) is 6.42 Å². The van der Waals surface area contributed by atoms with Crippen molar-refractivity contribution in [2.75, 3.05) is 17.2 Å². The van der Waals surface area contributed by atoms with Crippen LogP contribution in [0.15, 0.2) is 73.1 Å². The zero-order valence-corrected chi connectivity index (χ0v) is 14.6. The summed E-state index contributed by atoms with van der Waals surface area (Å²) in [6.45, 7) is 0.658. The first-order valence-corrected chi connectivity index (χ1v) is 8.70. The van der Waals surface area contributed by atoms with E-state index < -0.39 is 0 Å². The number of benzene rings is 2. The predicted octanol–water partition coefficient (Wildman–Crippen LogP) is 4.56. The van der Waals surface area contributed by atoms with E-state index in [9.17, 15) is 4.39 Å². The van der Waals surface area contributed by atoms with E-state index in [2.05, 4.69) is 25.6 Å². The first-order valence-electron chi connectivity index (χ1n) is 8.70. The van der Waals surface area contributed by atoms with Gasteiger partial charge in [-0.2, -0.15) is 4.98 Å².